The predicted octanol–water partition coefficient (Wildman–Crippen LogP) is 1.17. The van der Waals surface area contributed by atoms with Gasteiger partial charge in [-0.2, -0.15) is 0 Å². The van der Waals surface area contributed by atoms with E-state index in [1.807, 2.05) is 14.0 Å². The van der Waals surface area contributed by atoms with Gasteiger partial charge in [0.2, 0.25) is 0 Å². The molecule has 2 atom stereocenters. The molecule has 0 aromatic rings. The lowest BCUT2D eigenvalue weighted by Gasteiger charge is -2.15. The minimum atomic E-state index is -0.761. The van der Waals surface area contributed by atoms with Crippen LogP contribution in [0.2, 0.25) is 0 Å². The molecule has 0 fully saturated rings. The molecule has 0 heterocycles. The van der Waals surface area contributed by atoms with Crippen LogP contribution in [-0.4, -0.2) is 43.3 Å². The number of carbonyl (C=O) groups excluding carboxylic acids is 1. The Hall–Kier alpha value is -1.30. The first-order chi connectivity index (χ1) is 8.97. The summed E-state index contributed by atoms with van der Waals surface area (Å²) >= 11 is 0. The summed E-state index contributed by atoms with van der Waals surface area (Å²) in [7, 11) is 1.88. The minimum Gasteiger partial charge on any atom is -0.481 e. The summed E-state index contributed by atoms with van der Waals surface area (Å²) in [5.41, 5.74) is 0. The predicted molar refractivity (Wildman–Crippen MR) is 75.2 cm³/mol. The summed E-state index contributed by atoms with van der Waals surface area (Å²) < 4.78 is 0. The van der Waals surface area contributed by atoms with Gasteiger partial charge in [0.1, 0.15) is 0 Å². The van der Waals surface area contributed by atoms with Crippen molar-refractivity contribution in [2.75, 3.05) is 20.1 Å². The molecule has 0 rings (SSSR count). The van der Waals surface area contributed by atoms with E-state index < -0.39 is 5.97 Å². The van der Waals surface area contributed by atoms with Crippen LogP contribution in [-0.2, 0) is 4.79 Å². The van der Waals surface area contributed by atoms with Crippen LogP contribution in [0.1, 0.15) is 39.5 Å². The average Bonchev–Trinajstić information content (AvgIpc) is 2.34. The highest BCUT2D eigenvalue weighted by molar-refractivity contribution is 5.74. The maximum absolute atomic E-state index is 11.5. The zero-order valence-corrected chi connectivity index (χ0v) is 12.2. The zero-order chi connectivity index (χ0) is 14.7. The SMILES string of the molecule is CNCCCNC(=O)NC(C)CCCC(C)C(=O)O. The molecule has 6 nitrogen and oxygen atoms in total. The molecule has 0 spiro atoms. The Kier molecular flexibility index (Phi) is 9.88. The zero-order valence-electron chi connectivity index (χ0n) is 12.2. The largest absolute Gasteiger partial charge is 0.481 e. The quantitative estimate of drug-likeness (QED) is 0.450. The van der Waals surface area contributed by atoms with Gasteiger partial charge < -0.3 is 21.1 Å². The number of rotatable bonds is 10. The van der Waals surface area contributed by atoms with Crippen LogP contribution in [0.5, 0.6) is 0 Å². The van der Waals surface area contributed by atoms with E-state index in [4.69, 9.17) is 5.11 Å². The van der Waals surface area contributed by atoms with Crippen molar-refractivity contribution in [1.82, 2.24) is 16.0 Å². The number of amides is 2. The van der Waals surface area contributed by atoms with Gasteiger partial charge in [0.25, 0.3) is 0 Å². The van der Waals surface area contributed by atoms with Crippen LogP contribution in [0.15, 0.2) is 0 Å². The standard InChI is InChI=1S/C13H27N3O3/c1-10(12(17)18)6-4-7-11(2)16-13(19)15-9-5-8-14-3/h10-11,14H,4-9H2,1-3H3,(H,17,18)(H2,15,16,19). The third-order valence-electron chi connectivity index (χ3n) is 2.96. The third-order valence-corrected chi connectivity index (χ3v) is 2.96. The van der Waals surface area contributed by atoms with Gasteiger partial charge in [0.15, 0.2) is 0 Å². The second-order valence-electron chi connectivity index (χ2n) is 4.93. The van der Waals surface area contributed by atoms with Gasteiger partial charge in [-0.15, -0.1) is 0 Å². The van der Waals surface area contributed by atoms with Crippen molar-refractivity contribution in [2.24, 2.45) is 5.92 Å². The van der Waals surface area contributed by atoms with E-state index in [1.165, 1.54) is 0 Å². The maximum Gasteiger partial charge on any atom is 0.314 e. The van der Waals surface area contributed by atoms with Crippen LogP contribution in [0.3, 0.4) is 0 Å². The molecule has 2 amide bonds. The molecule has 0 bridgehead atoms. The minimum absolute atomic E-state index is 0.0605. The number of carboxylic acids is 1. The molecule has 112 valence electrons. The number of urea groups is 1. The van der Waals surface area contributed by atoms with Crippen molar-refractivity contribution in [2.45, 2.75) is 45.6 Å². The van der Waals surface area contributed by atoms with Crippen molar-refractivity contribution < 1.29 is 14.7 Å². The first kappa shape index (κ1) is 17.7. The number of hydrogen-bond donors (Lipinski definition) is 4. The molecule has 19 heavy (non-hydrogen) atoms. The van der Waals surface area contributed by atoms with Crippen LogP contribution in [0, 0.1) is 5.92 Å². The molecule has 0 radical (unpaired) electrons. The molecule has 2 unspecified atom stereocenters. The first-order valence-corrected chi connectivity index (χ1v) is 6.89. The molecule has 0 aliphatic heterocycles. The highest BCUT2D eigenvalue weighted by atomic mass is 16.4. The van der Waals surface area contributed by atoms with E-state index in [9.17, 15) is 9.59 Å². The molecule has 6 heteroatoms. The van der Waals surface area contributed by atoms with Crippen LogP contribution >= 0.6 is 0 Å². The number of hydrogen-bond acceptors (Lipinski definition) is 3. The number of carbonyl (C=O) groups is 2. The van der Waals surface area contributed by atoms with Gasteiger partial charge in [-0.25, -0.2) is 4.79 Å². The lowest BCUT2D eigenvalue weighted by molar-refractivity contribution is -0.141. The van der Waals surface area contributed by atoms with Gasteiger partial charge in [-0.3, -0.25) is 4.79 Å². The average molecular weight is 273 g/mol. The Labute approximate surface area is 115 Å². The molecular formula is C13H27N3O3. The van der Waals surface area contributed by atoms with E-state index in [1.54, 1.807) is 6.92 Å². The molecule has 4 N–H and O–H groups in total. The van der Waals surface area contributed by atoms with Crippen molar-refractivity contribution in [1.29, 1.82) is 0 Å². The van der Waals surface area contributed by atoms with Gasteiger partial charge in [0, 0.05) is 12.6 Å². The van der Waals surface area contributed by atoms with Gasteiger partial charge in [-0.05, 0) is 39.8 Å². The highest BCUT2D eigenvalue weighted by Crippen LogP contribution is 2.09. The van der Waals surface area contributed by atoms with Crippen LogP contribution in [0.4, 0.5) is 4.79 Å². The second kappa shape index (κ2) is 10.6. The lowest BCUT2D eigenvalue weighted by Crippen LogP contribution is -2.41. The van der Waals surface area contributed by atoms with E-state index in [-0.39, 0.29) is 18.0 Å². The maximum atomic E-state index is 11.5. The fraction of sp³-hybridized carbons (Fsp3) is 0.846. The molecule has 0 saturated heterocycles. The monoisotopic (exact) mass is 273 g/mol. The van der Waals surface area contributed by atoms with Gasteiger partial charge in [-0.1, -0.05) is 13.3 Å². The summed E-state index contributed by atoms with van der Waals surface area (Å²) in [4.78, 5) is 22.1. The third kappa shape index (κ3) is 10.3. The van der Waals surface area contributed by atoms with Crippen molar-refractivity contribution in [3.8, 4) is 0 Å². The number of aliphatic carboxylic acids is 1. The molecule has 0 aliphatic carbocycles. The number of nitrogens with one attached hydrogen (secondary N) is 3. The van der Waals surface area contributed by atoms with Crippen LogP contribution < -0.4 is 16.0 Å². The smallest absolute Gasteiger partial charge is 0.314 e. The molecule has 0 aliphatic rings. The Morgan fingerprint density at radius 3 is 2.37 bits per heavy atom. The molecule has 0 aromatic carbocycles. The molecule has 0 saturated carbocycles. The van der Waals surface area contributed by atoms with E-state index in [2.05, 4.69) is 16.0 Å². The van der Waals surface area contributed by atoms with Crippen molar-refractivity contribution in [3.05, 3.63) is 0 Å². The summed E-state index contributed by atoms with van der Waals surface area (Å²) in [6, 6.07) is -0.0971. The molecule has 0 aromatic heterocycles. The fourth-order valence-corrected chi connectivity index (χ4v) is 1.67. The van der Waals surface area contributed by atoms with Gasteiger partial charge in [0.05, 0.1) is 5.92 Å². The Balaban J connectivity index is 3.59. The Morgan fingerprint density at radius 1 is 1.11 bits per heavy atom. The Morgan fingerprint density at radius 2 is 1.79 bits per heavy atom. The van der Waals surface area contributed by atoms with Crippen molar-refractivity contribution >= 4 is 12.0 Å². The summed E-state index contributed by atoms with van der Waals surface area (Å²) in [5, 5.41) is 17.4. The normalized spacial score (nSPS) is 13.6. The fourth-order valence-electron chi connectivity index (χ4n) is 1.67. The van der Waals surface area contributed by atoms with Crippen LogP contribution in [0.25, 0.3) is 0 Å². The highest BCUT2D eigenvalue weighted by Gasteiger charge is 2.12. The first-order valence-electron chi connectivity index (χ1n) is 6.89. The lowest BCUT2D eigenvalue weighted by atomic mass is 10.0. The van der Waals surface area contributed by atoms with E-state index in [0.29, 0.717) is 13.0 Å². The van der Waals surface area contributed by atoms with E-state index >= 15 is 0 Å². The summed E-state index contributed by atoms with van der Waals surface area (Å²) in [6.07, 6.45) is 3.13. The molecular weight excluding hydrogens is 246 g/mol. The van der Waals surface area contributed by atoms with Crippen molar-refractivity contribution in [3.63, 3.8) is 0 Å². The van der Waals surface area contributed by atoms with Gasteiger partial charge >= 0.3 is 12.0 Å². The second-order valence-corrected chi connectivity index (χ2v) is 4.93. The summed E-state index contributed by atoms with van der Waals surface area (Å²) in [5.74, 6) is -1.08. The van der Waals surface area contributed by atoms with E-state index in [0.717, 1.165) is 25.8 Å². The summed E-state index contributed by atoms with van der Waals surface area (Å²) in [6.45, 7) is 5.16. The topological polar surface area (TPSA) is 90.5 Å². The number of carboxylic acid groups (broad SMARTS) is 1. The Bertz CT molecular complexity index is 272.